The van der Waals surface area contributed by atoms with Gasteiger partial charge in [-0.2, -0.15) is 0 Å². The second-order valence-corrected chi connectivity index (χ2v) is 4.75. The quantitative estimate of drug-likeness (QED) is 0.799. The molecule has 0 aliphatic heterocycles. The summed E-state index contributed by atoms with van der Waals surface area (Å²) >= 11 is 0. The number of aryl methyl sites for hydroxylation is 1. The second-order valence-electron chi connectivity index (χ2n) is 4.75. The van der Waals surface area contributed by atoms with Gasteiger partial charge in [-0.1, -0.05) is 43.7 Å². The maximum absolute atomic E-state index is 10.4. The van der Waals surface area contributed by atoms with E-state index in [0.717, 1.165) is 0 Å². The number of carboxylic acid groups (broad SMARTS) is 1. The minimum atomic E-state index is -0.820. The Morgan fingerprint density at radius 2 is 1.88 bits per heavy atom. The van der Waals surface area contributed by atoms with Crippen LogP contribution in [0.1, 0.15) is 25.0 Å². The van der Waals surface area contributed by atoms with Gasteiger partial charge in [-0.05, 0) is 12.5 Å². The maximum Gasteiger partial charge on any atom is 0.317 e. The third-order valence-corrected chi connectivity index (χ3v) is 2.68. The second kappa shape index (κ2) is 5.12. The largest absolute Gasteiger partial charge is 0.480 e. The van der Waals surface area contributed by atoms with E-state index in [4.69, 9.17) is 5.11 Å². The molecule has 1 rings (SSSR count). The fourth-order valence-corrected chi connectivity index (χ4v) is 1.59. The molecule has 0 saturated heterocycles. The Hall–Kier alpha value is -1.35. The van der Waals surface area contributed by atoms with Gasteiger partial charge in [0.15, 0.2) is 0 Å². The van der Waals surface area contributed by atoms with Crippen LogP contribution in [0.4, 0.5) is 0 Å². The van der Waals surface area contributed by atoms with Crippen LogP contribution in [0.5, 0.6) is 0 Å². The molecule has 0 unspecified atom stereocenters. The predicted octanol–water partition coefficient (Wildman–Crippen LogP) is 1.95. The van der Waals surface area contributed by atoms with Crippen molar-refractivity contribution < 1.29 is 9.90 Å². The molecule has 0 saturated carbocycles. The lowest BCUT2D eigenvalue weighted by Crippen LogP contribution is -2.35. The van der Waals surface area contributed by atoms with Crippen molar-refractivity contribution in [2.75, 3.05) is 13.1 Å². The van der Waals surface area contributed by atoms with Crippen molar-refractivity contribution in [2.45, 2.75) is 26.2 Å². The standard InChI is InChI=1S/C13H19NO2/c1-10-4-6-11(7-5-10)13(2,3)9-14-8-12(15)16/h4-7,14H,8-9H2,1-3H3,(H,15,16). The molecule has 0 aliphatic rings. The predicted molar refractivity (Wildman–Crippen MR) is 64.7 cm³/mol. The molecule has 2 N–H and O–H groups in total. The highest BCUT2D eigenvalue weighted by Gasteiger charge is 2.19. The molecule has 0 aromatic heterocycles. The number of carboxylic acids is 1. The first-order chi connectivity index (χ1) is 7.42. The molecule has 0 spiro atoms. The number of benzene rings is 1. The van der Waals surface area contributed by atoms with Crippen LogP contribution in [0.25, 0.3) is 0 Å². The molecule has 16 heavy (non-hydrogen) atoms. The lowest BCUT2D eigenvalue weighted by Gasteiger charge is -2.25. The summed E-state index contributed by atoms with van der Waals surface area (Å²) in [6, 6.07) is 8.35. The highest BCUT2D eigenvalue weighted by molar-refractivity contribution is 5.69. The highest BCUT2D eigenvalue weighted by atomic mass is 16.4. The summed E-state index contributed by atoms with van der Waals surface area (Å²) < 4.78 is 0. The van der Waals surface area contributed by atoms with Gasteiger partial charge in [-0.25, -0.2) is 0 Å². The van der Waals surface area contributed by atoms with Crippen LogP contribution in [-0.4, -0.2) is 24.2 Å². The normalized spacial score (nSPS) is 11.4. The Kier molecular flexibility index (Phi) is 4.07. The Balaban J connectivity index is 2.62. The first kappa shape index (κ1) is 12.7. The van der Waals surface area contributed by atoms with Crippen LogP contribution in [0, 0.1) is 6.92 Å². The lowest BCUT2D eigenvalue weighted by atomic mass is 9.84. The fourth-order valence-electron chi connectivity index (χ4n) is 1.59. The zero-order chi connectivity index (χ0) is 12.2. The highest BCUT2D eigenvalue weighted by Crippen LogP contribution is 2.22. The topological polar surface area (TPSA) is 49.3 Å². The molecular formula is C13H19NO2. The van der Waals surface area contributed by atoms with E-state index in [9.17, 15) is 4.79 Å². The summed E-state index contributed by atoms with van der Waals surface area (Å²) in [5.41, 5.74) is 2.40. The van der Waals surface area contributed by atoms with Crippen LogP contribution in [-0.2, 0) is 10.2 Å². The zero-order valence-electron chi connectivity index (χ0n) is 10.1. The van der Waals surface area contributed by atoms with Gasteiger partial charge in [-0.15, -0.1) is 0 Å². The molecule has 3 heteroatoms. The summed E-state index contributed by atoms with van der Waals surface area (Å²) in [4.78, 5) is 10.4. The van der Waals surface area contributed by atoms with Crippen molar-refractivity contribution in [2.24, 2.45) is 0 Å². The molecule has 0 atom stereocenters. The molecule has 0 fully saturated rings. The maximum atomic E-state index is 10.4. The van der Waals surface area contributed by atoms with E-state index in [1.807, 2.05) is 0 Å². The molecule has 1 aromatic carbocycles. The lowest BCUT2D eigenvalue weighted by molar-refractivity contribution is -0.136. The van der Waals surface area contributed by atoms with Crippen LogP contribution in [0.15, 0.2) is 24.3 Å². The Bertz CT molecular complexity index is 355. The van der Waals surface area contributed by atoms with Crippen molar-refractivity contribution in [3.63, 3.8) is 0 Å². The van der Waals surface area contributed by atoms with Crippen molar-refractivity contribution in [3.05, 3.63) is 35.4 Å². The van der Waals surface area contributed by atoms with E-state index in [-0.39, 0.29) is 12.0 Å². The Morgan fingerprint density at radius 1 is 1.31 bits per heavy atom. The summed E-state index contributed by atoms with van der Waals surface area (Å²) in [6.45, 7) is 6.93. The molecule has 1 aromatic rings. The number of nitrogens with one attached hydrogen (secondary N) is 1. The van der Waals surface area contributed by atoms with Crippen LogP contribution in [0.3, 0.4) is 0 Å². The van der Waals surface area contributed by atoms with Gasteiger partial charge in [0.2, 0.25) is 0 Å². The van der Waals surface area contributed by atoms with Gasteiger partial charge >= 0.3 is 5.97 Å². The molecule has 88 valence electrons. The van der Waals surface area contributed by atoms with Crippen molar-refractivity contribution in [1.29, 1.82) is 0 Å². The first-order valence-corrected chi connectivity index (χ1v) is 5.41. The molecule has 0 heterocycles. The van der Waals surface area contributed by atoms with Crippen LogP contribution in [0.2, 0.25) is 0 Å². The Morgan fingerprint density at radius 3 is 2.38 bits per heavy atom. The van der Waals surface area contributed by atoms with E-state index in [0.29, 0.717) is 6.54 Å². The fraction of sp³-hybridized carbons (Fsp3) is 0.462. The van der Waals surface area contributed by atoms with E-state index in [1.165, 1.54) is 11.1 Å². The average Bonchev–Trinajstić information content (AvgIpc) is 2.17. The van der Waals surface area contributed by atoms with Crippen molar-refractivity contribution in [3.8, 4) is 0 Å². The third kappa shape index (κ3) is 3.66. The number of rotatable bonds is 5. The zero-order valence-corrected chi connectivity index (χ0v) is 10.1. The molecule has 3 nitrogen and oxygen atoms in total. The average molecular weight is 221 g/mol. The summed E-state index contributed by atoms with van der Waals surface area (Å²) in [5.74, 6) is -0.820. The van der Waals surface area contributed by atoms with E-state index < -0.39 is 5.97 Å². The van der Waals surface area contributed by atoms with Gasteiger partial charge < -0.3 is 10.4 Å². The van der Waals surface area contributed by atoms with E-state index >= 15 is 0 Å². The van der Waals surface area contributed by atoms with E-state index in [2.05, 4.69) is 50.4 Å². The molecular weight excluding hydrogens is 202 g/mol. The smallest absolute Gasteiger partial charge is 0.317 e. The van der Waals surface area contributed by atoms with Gasteiger partial charge in [-0.3, -0.25) is 4.79 Å². The summed E-state index contributed by atoms with van der Waals surface area (Å²) in [6.07, 6.45) is 0. The number of carbonyl (C=O) groups is 1. The molecule has 0 bridgehead atoms. The molecule has 0 radical (unpaired) electrons. The number of aliphatic carboxylic acids is 1. The number of hydrogen-bond acceptors (Lipinski definition) is 2. The van der Waals surface area contributed by atoms with Gasteiger partial charge in [0.05, 0.1) is 6.54 Å². The van der Waals surface area contributed by atoms with Crippen molar-refractivity contribution >= 4 is 5.97 Å². The molecule has 0 aliphatic carbocycles. The van der Waals surface area contributed by atoms with Crippen LogP contribution >= 0.6 is 0 Å². The first-order valence-electron chi connectivity index (χ1n) is 5.41. The van der Waals surface area contributed by atoms with Gasteiger partial charge in [0.25, 0.3) is 0 Å². The van der Waals surface area contributed by atoms with Gasteiger partial charge in [0.1, 0.15) is 0 Å². The minimum absolute atomic E-state index is 0.00922. The Labute approximate surface area is 96.5 Å². The van der Waals surface area contributed by atoms with Crippen molar-refractivity contribution in [1.82, 2.24) is 5.32 Å². The van der Waals surface area contributed by atoms with E-state index in [1.54, 1.807) is 0 Å². The third-order valence-electron chi connectivity index (χ3n) is 2.68. The molecule has 0 amide bonds. The monoisotopic (exact) mass is 221 g/mol. The van der Waals surface area contributed by atoms with Gasteiger partial charge in [0, 0.05) is 12.0 Å². The SMILES string of the molecule is Cc1ccc(C(C)(C)CNCC(=O)O)cc1. The summed E-state index contributed by atoms with van der Waals surface area (Å²) in [7, 11) is 0. The number of hydrogen-bond donors (Lipinski definition) is 2. The minimum Gasteiger partial charge on any atom is -0.480 e. The summed E-state index contributed by atoms with van der Waals surface area (Å²) in [5, 5.41) is 11.5. The van der Waals surface area contributed by atoms with Crippen LogP contribution < -0.4 is 5.32 Å².